The molecule has 0 N–H and O–H groups in total. The molecule has 0 spiro atoms. The molecule has 0 aromatic carbocycles. The lowest BCUT2D eigenvalue weighted by Gasteiger charge is -2.16. The Bertz CT molecular complexity index is 588. The molecule has 0 heterocycles. The van der Waals surface area contributed by atoms with Gasteiger partial charge >= 0.3 is 0 Å². The highest BCUT2D eigenvalue weighted by molar-refractivity contribution is 7.86. The van der Waals surface area contributed by atoms with Crippen molar-refractivity contribution in [2.24, 2.45) is 0 Å². The molecular weight excluding hydrogens is 428 g/mol. The van der Waals surface area contributed by atoms with Gasteiger partial charge in [0, 0.05) is 6.61 Å². The van der Waals surface area contributed by atoms with E-state index in [1.54, 1.807) is 0 Å². The van der Waals surface area contributed by atoms with Crippen LogP contribution in [-0.2, 0) is 33.3 Å². The summed E-state index contributed by atoms with van der Waals surface area (Å²) in [7, 11) is -7.38. The maximum Gasteiger partial charge on any atom is 0.264 e. The lowest BCUT2D eigenvalue weighted by atomic mass is 10.0. The van der Waals surface area contributed by atoms with Crippen LogP contribution in [0.1, 0.15) is 96.8 Å². The van der Waals surface area contributed by atoms with Gasteiger partial charge in [0.15, 0.2) is 0 Å². The second kappa shape index (κ2) is 18.4. The molecular formula is C21H44O7S2. The van der Waals surface area contributed by atoms with E-state index in [-0.39, 0.29) is 13.2 Å². The first-order valence-electron chi connectivity index (χ1n) is 11.4. The highest BCUT2D eigenvalue weighted by Gasteiger charge is 2.18. The summed E-state index contributed by atoms with van der Waals surface area (Å²) in [6.07, 6.45) is 18.7. The summed E-state index contributed by atoms with van der Waals surface area (Å²) in [4.78, 5) is 0. The lowest BCUT2D eigenvalue weighted by Crippen LogP contribution is -2.29. The molecule has 0 aromatic rings. The monoisotopic (exact) mass is 472 g/mol. The van der Waals surface area contributed by atoms with Crippen molar-refractivity contribution >= 4 is 20.2 Å². The van der Waals surface area contributed by atoms with E-state index in [9.17, 15) is 16.8 Å². The topological polar surface area (TPSA) is 96.0 Å². The molecule has 0 rings (SSSR count). The van der Waals surface area contributed by atoms with Crippen molar-refractivity contribution in [3.63, 3.8) is 0 Å². The minimum absolute atomic E-state index is 0.0268. The molecule has 0 aliphatic rings. The van der Waals surface area contributed by atoms with Gasteiger partial charge in [0.1, 0.15) is 6.10 Å². The Morgan fingerprint density at radius 2 is 1.03 bits per heavy atom. The predicted octanol–water partition coefficient (Wildman–Crippen LogP) is 4.81. The average molecular weight is 473 g/mol. The van der Waals surface area contributed by atoms with Crippen LogP contribution in [0.25, 0.3) is 0 Å². The summed E-state index contributed by atoms with van der Waals surface area (Å²) >= 11 is 0. The standard InChI is InChI=1S/C21H44O7S2/c1-4-5-6-7-8-9-10-11-12-13-14-15-16-17-18-26-19-21(28-30(3,24)25)20-27-29(2,22)23/h21H,4-20H2,1-3H3/t21-/m0/s1. The molecule has 0 unspecified atom stereocenters. The second-order valence-electron chi connectivity index (χ2n) is 8.08. The van der Waals surface area contributed by atoms with E-state index in [0.717, 1.165) is 25.4 Å². The average Bonchev–Trinajstić information content (AvgIpc) is 2.64. The third-order valence-electron chi connectivity index (χ3n) is 4.72. The Labute approximate surface area is 185 Å². The van der Waals surface area contributed by atoms with Crippen molar-refractivity contribution in [2.75, 3.05) is 32.3 Å². The zero-order valence-corrected chi connectivity index (χ0v) is 20.9. The summed E-state index contributed by atoms with van der Waals surface area (Å²) < 4.78 is 59.5. The maximum absolute atomic E-state index is 11.3. The molecule has 182 valence electrons. The van der Waals surface area contributed by atoms with Crippen LogP contribution < -0.4 is 0 Å². The van der Waals surface area contributed by atoms with Crippen LogP contribution in [0.3, 0.4) is 0 Å². The van der Waals surface area contributed by atoms with Gasteiger partial charge in [0.2, 0.25) is 0 Å². The number of rotatable bonds is 22. The van der Waals surface area contributed by atoms with Crippen LogP contribution in [0.4, 0.5) is 0 Å². The fourth-order valence-corrected chi connectivity index (χ4v) is 4.17. The van der Waals surface area contributed by atoms with Crippen molar-refractivity contribution in [1.82, 2.24) is 0 Å². The first kappa shape index (κ1) is 29.8. The van der Waals surface area contributed by atoms with Gasteiger partial charge in [-0.3, -0.25) is 8.37 Å². The molecule has 0 aliphatic carbocycles. The van der Waals surface area contributed by atoms with Crippen LogP contribution in [0, 0.1) is 0 Å². The van der Waals surface area contributed by atoms with E-state index in [2.05, 4.69) is 11.1 Å². The van der Waals surface area contributed by atoms with Gasteiger partial charge in [-0.05, 0) is 6.42 Å². The Morgan fingerprint density at radius 3 is 1.43 bits per heavy atom. The number of ether oxygens (including phenoxy) is 1. The molecule has 0 bridgehead atoms. The zero-order chi connectivity index (χ0) is 22.7. The highest BCUT2D eigenvalue weighted by Crippen LogP contribution is 2.13. The molecule has 9 heteroatoms. The molecule has 0 saturated heterocycles. The molecule has 0 aromatic heterocycles. The van der Waals surface area contributed by atoms with E-state index in [1.165, 1.54) is 77.0 Å². The van der Waals surface area contributed by atoms with Crippen molar-refractivity contribution in [2.45, 2.75) is 103 Å². The van der Waals surface area contributed by atoms with Gasteiger partial charge in [-0.1, -0.05) is 90.4 Å². The normalized spacial score (nSPS) is 13.6. The third-order valence-corrected chi connectivity index (χ3v) is 5.91. The third kappa shape index (κ3) is 24.1. The minimum Gasteiger partial charge on any atom is -0.379 e. The number of hydrogen-bond acceptors (Lipinski definition) is 7. The molecule has 0 fully saturated rings. The molecule has 0 saturated carbocycles. The van der Waals surface area contributed by atoms with Crippen LogP contribution in [-0.4, -0.2) is 55.3 Å². The van der Waals surface area contributed by atoms with Gasteiger partial charge in [-0.25, -0.2) is 0 Å². The van der Waals surface area contributed by atoms with Crippen molar-refractivity contribution in [3.05, 3.63) is 0 Å². The SMILES string of the molecule is CCCCCCCCCCCCCCCCOC[C@@H](COS(C)(=O)=O)OS(C)(=O)=O. The van der Waals surface area contributed by atoms with E-state index in [4.69, 9.17) is 8.92 Å². The molecule has 0 amide bonds. The van der Waals surface area contributed by atoms with Gasteiger partial charge in [-0.2, -0.15) is 16.8 Å². The van der Waals surface area contributed by atoms with Gasteiger partial charge in [-0.15, -0.1) is 0 Å². The molecule has 0 radical (unpaired) electrons. The van der Waals surface area contributed by atoms with Gasteiger partial charge < -0.3 is 4.74 Å². The number of unbranched alkanes of at least 4 members (excludes halogenated alkanes) is 13. The van der Waals surface area contributed by atoms with Gasteiger partial charge in [0.05, 0.1) is 25.7 Å². The Kier molecular flexibility index (Phi) is 18.2. The van der Waals surface area contributed by atoms with Gasteiger partial charge in [0.25, 0.3) is 20.2 Å². The summed E-state index contributed by atoms with van der Waals surface area (Å²) in [5, 5.41) is 0. The highest BCUT2D eigenvalue weighted by atomic mass is 32.2. The summed E-state index contributed by atoms with van der Waals surface area (Å²) in [5.41, 5.74) is 0. The summed E-state index contributed by atoms with van der Waals surface area (Å²) in [6, 6.07) is 0. The van der Waals surface area contributed by atoms with Crippen molar-refractivity contribution in [3.8, 4) is 0 Å². The lowest BCUT2D eigenvalue weighted by molar-refractivity contribution is 0.0295. The summed E-state index contributed by atoms with van der Waals surface area (Å²) in [5.74, 6) is 0. The quantitative estimate of drug-likeness (QED) is 0.165. The fraction of sp³-hybridized carbons (Fsp3) is 1.00. The van der Waals surface area contributed by atoms with Crippen LogP contribution >= 0.6 is 0 Å². The first-order valence-corrected chi connectivity index (χ1v) is 15.1. The fourth-order valence-electron chi connectivity index (χ4n) is 3.16. The smallest absolute Gasteiger partial charge is 0.264 e. The second-order valence-corrected chi connectivity index (χ2v) is 11.3. The zero-order valence-electron chi connectivity index (χ0n) is 19.3. The molecule has 30 heavy (non-hydrogen) atoms. The van der Waals surface area contributed by atoms with E-state index in [1.807, 2.05) is 0 Å². The van der Waals surface area contributed by atoms with Crippen LogP contribution in [0.2, 0.25) is 0 Å². The van der Waals surface area contributed by atoms with E-state index in [0.29, 0.717) is 6.61 Å². The first-order chi connectivity index (χ1) is 14.1. The van der Waals surface area contributed by atoms with E-state index >= 15 is 0 Å². The van der Waals surface area contributed by atoms with Crippen molar-refractivity contribution in [1.29, 1.82) is 0 Å². The largest absolute Gasteiger partial charge is 0.379 e. The van der Waals surface area contributed by atoms with Crippen molar-refractivity contribution < 1.29 is 29.9 Å². The Balaban J connectivity index is 3.58. The molecule has 0 aliphatic heterocycles. The maximum atomic E-state index is 11.3. The predicted molar refractivity (Wildman–Crippen MR) is 122 cm³/mol. The summed E-state index contributed by atoms with van der Waals surface area (Å²) in [6.45, 7) is 2.33. The van der Waals surface area contributed by atoms with Crippen LogP contribution in [0.5, 0.6) is 0 Å². The molecule has 1 atom stereocenters. The van der Waals surface area contributed by atoms with Crippen LogP contribution in [0.15, 0.2) is 0 Å². The van der Waals surface area contributed by atoms with E-state index < -0.39 is 26.3 Å². The minimum atomic E-state index is -3.72. The number of hydrogen-bond donors (Lipinski definition) is 0. The Morgan fingerprint density at radius 1 is 0.600 bits per heavy atom. The molecule has 7 nitrogen and oxygen atoms in total. The Hall–Kier alpha value is -0.220.